The minimum atomic E-state index is -2.78. The van der Waals surface area contributed by atoms with E-state index in [1.54, 1.807) is 24.9 Å². The SMILES string of the molecule is Cc1cc2c(cc1C)N=Cc1ccc([n-]1)C(C)(C)c1ccc([n-]1)C=Nc1cc(C)c(C)cc1N=Cc1ccc([n-]1)C(C)(C)c1ccc([n-]1)C=N2.O=P(c1ccccc1)(c1ccccc1)c1ccccc1.O=P(c1ccccc1)(c1ccccc1)c1ccccc1.[Cr+2].[Cr+2]. The molecule has 0 aliphatic carbocycles. The molecule has 0 fully saturated rings. The van der Waals surface area contributed by atoms with Gasteiger partial charge in [0.1, 0.15) is 0 Å². The zero-order chi connectivity index (χ0) is 62.9. The van der Waals surface area contributed by atoms with Gasteiger partial charge in [-0.3, -0.25) is 20.0 Å². The average molecular weight is 1320 g/mol. The van der Waals surface area contributed by atoms with E-state index in [2.05, 4.69) is 79.7 Å². The Morgan fingerprint density at radius 2 is 0.446 bits per heavy atom. The van der Waals surface area contributed by atoms with Gasteiger partial charge in [-0.25, -0.2) is 0 Å². The van der Waals surface area contributed by atoms with Crippen molar-refractivity contribution in [1.29, 1.82) is 0 Å². The molecule has 0 amide bonds. The van der Waals surface area contributed by atoms with E-state index in [-0.39, 0.29) is 34.7 Å². The van der Waals surface area contributed by atoms with Gasteiger partial charge in [-0.1, -0.05) is 258 Å². The molecule has 5 heterocycles. The number of fused-ring (bicyclic) bond motifs is 10. The van der Waals surface area contributed by atoms with Crippen molar-refractivity contribution in [2.24, 2.45) is 20.0 Å². The first-order valence-electron chi connectivity index (χ1n) is 30.0. The smallest absolute Gasteiger partial charge is 0.659 e. The Labute approximate surface area is 562 Å². The molecule has 92 heavy (non-hydrogen) atoms. The summed E-state index contributed by atoms with van der Waals surface area (Å²) in [4.78, 5) is 39.2. The van der Waals surface area contributed by atoms with Gasteiger partial charge in [0.25, 0.3) is 0 Å². The molecule has 0 radical (unpaired) electrons. The third-order valence-electron chi connectivity index (χ3n) is 16.5. The fraction of sp³-hybridized carbons (Fsp3) is 0.128. The van der Waals surface area contributed by atoms with Gasteiger partial charge in [0, 0.05) is 56.7 Å². The van der Waals surface area contributed by atoms with E-state index in [1.807, 2.05) is 231 Å². The second-order valence-electron chi connectivity index (χ2n) is 23.4. The van der Waals surface area contributed by atoms with Gasteiger partial charge in [0.05, 0.1) is 22.7 Å². The number of hydrogen-bond donors (Lipinski definition) is 0. The molecule has 456 valence electrons. The molecule has 0 saturated carbocycles. The minimum Gasteiger partial charge on any atom is -0.659 e. The van der Waals surface area contributed by atoms with E-state index in [0.717, 1.165) is 122 Å². The predicted octanol–water partition coefficient (Wildman–Crippen LogP) is 15.4. The van der Waals surface area contributed by atoms with Crippen molar-refractivity contribution in [1.82, 2.24) is 19.9 Å². The van der Waals surface area contributed by atoms with Crippen LogP contribution in [0.2, 0.25) is 0 Å². The molecule has 0 N–H and O–H groups in total. The van der Waals surface area contributed by atoms with Crippen LogP contribution in [0.3, 0.4) is 0 Å². The van der Waals surface area contributed by atoms with Gasteiger partial charge in [0.2, 0.25) is 0 Å². The number of benzene rings is 8. The fourth-order valence-corrected chi connectivity index (χ4v) is 16.0. The molecule has 0 spiro atoms. The van der Waals surface area contributed by atoms with Gasteiger partial charge < -0.3 is 29.1 Å². The molecule has 4 aromatic heterocycles. The largest absolute Gasteiger partial charge is 2.00 e. The quantitative estimate of drug-likeness (QED) is 0.152. The zero-order valence-corrected chi connectivity index (χ0v) is 57.0. The van der Waals surface area contributed by atoms with E-state index in [4.69, 9.17) is 39.9 Å². The molecule has 10 nitrogen and oxygen atoms in total. The van der Waals surface area contributed by atoms with Crippen molar-refractivity contribution in [3.63, 3.8) is 0 Å². The van der Waals surface area contributed by atoms with Crippen LogP contribution in [-0.2, 0) is 54.7 Å². The van der Waals surface area contributed by atoms with Crippen LogP contribution < -0.4 is 51.8 Å². The Balaban J connectivity index is 0.000000194. The molecular weight excluding hydrogens is 1250 g/mol. The van der Waals surface area contributed by atoms with Gasteiger partial charge >= 0.3 is 34.7 Å². The molecule has 1 aliphatic heterocycles. The number of rotatable bonds is 6. The molecule has 0 atom stereocenters. The van der Waals surface area contributed by atoms with Crippen LogP contribution in [0.25, 0.3) is 0 Å². The minimum absolute atomic E-state index is 0. The number of aromatic nitrogens is 4. The molecule has 0 unspecified atom stereocenters. The summed E-state index contributed by atoms with van der Waals surface area (Å²) in [6.07, 6.45) is 7.20. The topological polar surface area (TPSA) is 140 Å². The third kappa shape index (κ3) is 14.9. The van der Waals surface area contributed by atoms with Crippen molar-refractivity contribution in [3.05, 3.63) is 323 Å². The summed E-state index contributed by atoms with van der Waals surface area (Å²) < 4.78 is 27.6. The second kappa shape index (κ2) is 29.6. The van der Waals surface area contributed by atoms with Crippen molar-refractivity contribution in [3.8, 4) is 0 Å². The molecule has 8 bridgehead atoms. The number of nitrogens with zero attached hydrogens (tertiary/aromatic N) is 8. The van der Waals surface area contributed by atoms with Crippen LogP contribution in [0.15, 0.2) is 275 Å². The maximum absolute atomic E-state index is 13.8. The van der Waals surface area contributed by atoms with Crippen molar-refractivity contribution < 1.29 is 43.9 Å². The summed E-state index contributed by atoms with van der Waals surface area (Å²) in [5, 5.41) is 5.24. The predicted molar refractivity (Wildman–Crippen MR) is 376 cm³/mol. The Bertz CT molecular complexity index is 3980. The van der Waals surface area contributed by atoms with Crippen LogP contribution in [0, 0.1) is 27.7 Å². The van der Waals surface area contributed by atoms with Crippen LogP contribution in [0.1, 0.15) is 95.5 Å². The zero-order valence-electron chi connectivity index (χ0n) is 52.7. The van der Waals surface area contributed by atoms with Crippen molar-refractivity contribution in [2.75, 3.05) is 0 Å². The van der Waals surface area contributed by atoms with E-state index < -0.39 is 25.1 Å². The van der Waals surface area contributed by atoms with Crippen LogP contribution in [0.4, 0.5) is 22.7 Å². The Morgan fingerprint density at radius 3 is 0.620 bits per heavy atom. The van der Waals surface area contributed by atoms with E-state index >= 15 is 0 Å². The number of aliphatic imine (C=N–C) groups is 4. The number of hydrogen-bond acceptors (Lipinski definition) is 6. The molecule has 13 rings (SSSR count). The van der Waals surface area contributed by atoms with Crippen LogP contribution >= 0.6 is 14.3 Å². The molecule has 1 aliphatic rings. The average Bonchev–Trinajstić information content (AvgIpc) is 1.98. The molecule has 14 heteroatoms. The third-order valence-corrected chi connectivity index (χ3v) is 22.6. The van der Waals surface area contributed by atoms with Crippen molar-refractivity contribution in [2.45, 2.75) is 66.2 Å². The maximum atomic E-state index is 13.8. The fourth-order valence-electron chi connectivity index (χ4n) is 10.7. The molecule has 8 aromatic carbocycles. The van der Waals surface area contributed by atoms with Gasteiger partial charge in [-0.15, -0.1) is 22.8 Å². The molecular formula is C78H70Cr2N8O2P2. The first kappa shape index (κ1) is 67.5. The number of aryl methyl sites for hydroxylation is 4. The second-order valence-corrected chi connectivity index (χ2v) is 28.9. The summed E-state index contributed by atoms with van der Waals surface area (Å²) in [5.74, 6) is 0. The first-order chi connectivity index (χ1) is 43.5. The summed E-state index contributed by atoms with van der Waals surface area (Å²) in [7, 11) is -5.55. The Morgan fingerprint density at radius 1 is 0.272 bits per heavy atom. The monoisotopic (exact) mass is 1320 g/mol. The van der Waals surface area contributed by atoms with Gasteiger partial charge in [0.15, 0.2) is 14.3 Å². The van der Waals surface area contributed by atoms with Gasteiger partial charge in [-0.05, 0) is 85.0 Å². The van der Waals surface area contributed by atoms with E-state index in [1.165, 1.54) is 0 Å². The van der Waals surface area contributed by atoms with E-state index in [9.17, 15) is 9.13 Å². The Hall–Kier alpha value is -8.92. The first-order valence-corrected chi connectivity index (χ1v) is 33.4. The van der Waals surface area contributed by atoms with Crippen LogP contribution in [-0.4, -0.2) is 24.9 Å². The standard InChI is InChI=1S/C42H40N8.2C18H15OP.2Cr/c1-25-17-33-34(18-26(25)2)44-22-30-10-14-38(48-30)42(7,8)40-16-12-32(50-40)24-46-36-20-28(4)27(3)19-35(36)45-23-31-11-15-39(49-31)41(5,6)37-13-9-29(47-37)21-43-33;2*19-20(16-10-4-1-5-11-16,17-12-6-2-7-13-17)18-14-8-3-9-15-18;;/h9-24H,1-8H3;2*1-15H;;/q-4;;;2*+2. The Kier molecular flexibility index (Phi) is 21.7. The molecule has 0 saturated heterocycles. The van der Waals surface area contributed by atoms with Crippen molar-refractivity contribution >= 4 is 93.7 Å². The summed E-state index contributed by atoms with van der Waals surface area (Å²) >= 11 is 0. The summed E-state index contributed by atoms with van der Waals surface area (Å²) in [5.41, 5.74) is 13.5. The van der Waals surface area contributed by atoms with Gasteiger partial charge in [-0.2, -0.15) is 22.8 Å². The molecule has 12 aromatic rings. The van der Waals surface area contributed by atoms with E-state index in [0.29, 0.717) is 0 Å². The summed E-state index contributed by atoms with van der Waals surface area (Å²) in [6, 6.07) is 82.7. The van der Waals surface area contributed by atoms with Crippen LogP contribution in [0.5, 0.6) is 0 Å². The summed E-state index contributed by atoms with van der Waals surface area (Å²) in [6.45, 7) is 16.9. The normalized spacial score (nSPS) is 13.1. The maximum Gasteiger partial charge on any atom is 2.00 e.